The smallest absolute Gasteiger partial charge is 0.288 e. The number of hydrogen-bond donors (Lipinski definition) is 0. The van der Waals surface area contributed by atoms with Crippen LogP contribution in [0, 0.1) is 32.0 Å². The van der Waals surface area contributed by atoms with Gasteiger partial charge in [0.15, 0.2) is 0 Å². The predicted molar refractivity (Wildman–Crippen MR) is 131 cm³/mol. The molecule has 2 aromatic rings. The molecule has 0 aliphatic rings. The van der Waals surface area contributed by atoms with Crippen LogP contribution in [0.1, 0.15) is 102 Å². The van der Waals surface area contributed by atoms with E-state index in [9.17, 15) is 0 Å². The fourth-order valence-corrected chi connectivity index (χ4v) is 2.97. The largest absolute Gasteiger partial charge is 0.319 e. The van der Waals surface area contributed by atoms with Gasteiger partial charge in [-0.25, -0.2) is 0 Å². The van der Waals surface area contributed by atoms with Crippen LogP contribution in [0.4, 0.5) is 0 Å². The van der Waals surface area contributed by atoms with Crippen LogP contribution in [0.3, 0.4) is 0 Å². The summed E-state index contributed by atoms with van der Waals surface area (Å²) in [5, 5.41) is 0. The molecular weight excluding hydrogens is 498 g/mol. The fourth-order valence-electron chi connectivity index (χ4n) is 2.97. The average molecular weight is 543 g/mol. The Morgan fingerprint density at radius 1 is 0.576 bits per heavy atom. The maximum absolute atomic E-state index is 7.94. The summed E-state index contributed by atoms with van der Waals surface area (Å²) in [7, 11) is 0. The molecule has 0 heterocycles. The summed E-state index contributed by atoms with van der Waals surface area (Å²) >= 11 is 4.62. The average Bonchev–Trinajstić information content (AvgIpc) is 2.89. The van der Waals surface area contributed by atoms with Gasteiger partial charge in [0.1, 0.15) is 0 Å². The zero-order chi connectivity index (χ0) is 25.3. The van der Waals surface area contributed by atoms with E-state index in [1.807, 2.05) is 48.5 Å². The molecule has 0 bridgehead atoms. The van der Waals surface area contributed by atoms with Crippen LogP contribution in [-0.4, -0.2) is 0 Å². The molecule has 0 saturated carbocycles. The molecule has 0 unspecified atom stereocenters. The Kier molecular flexibility index (Phi) is 42.5. The van der Waals surface area contributed by atoms with Crippen molar-refractivity contribution in [3.63, 3.8) is 0 Å². The molecule has 33 heavy (non-hydrogen) atoms. The summed E-state index contributed by atoms with van der Waals surface area (Å²) in [4.78, 5) is 0. The Balaban J connectivity index is -0.000000431. The van der Waals surface area contributed by atoms with Crippen molar-refractivity contribution in [2.24, 2.45) is 0 Å². The summed E-state index contributed by atoms with van der Waals surface area (Å²) in [5.74, 6) is 0. The van der Waals surface area contributed by atoms with Crippen LogP contribution in [0.15, 0.2) is 48.5 Å². The first-order chi connectivity index (χ1) is 16.3. The van der Waals surface area contributed by atoms with Gasteiger partial charge in [0.25, 0.3) is 0 Å². The minimum absolute atomic E-state index is 1.12. The Morgan fingerprint density at radius 2 is 0.879 bits per heavy atom. The van der Waals surface area contributed by atoms with Crippen LogP contribution >= 0.6 is 0 Å². The van der Waals surface area contributed by atoms with Gasteiger partial charge in [0.2, 0.25) is 0 Å². The van der Waals surface area contributed by atoms with Crippen molar-refractivity contribution >= 4 is 0 Å². The minimum atomic E-state index is 1.12. The molecule has 0 aliphatic heterocycles. The molecule has 0 aromatic heterocycles. The molecule has 194 valence electrons. The molecule has 0 aliphatic carbocycles. The maximum Gasteiger partial charge on any atom is -0.288 e. The van der Waals surface area contributed by atoms with Gasteiger partial charge >= 0.3 is 39.1 Å². The zero-order valence-corrected chi connectivity index (χ0v) is 22.8. The third kappa shape index (κ3) is 38.6. The van der Waals surface area contributed by atoms with Gasteiger partial charge in [0, 0.05) is 0 Å². The van der Waals surface area contributed by atoms with Gasteiger partial charge in [-0.1, -0.05) is 97.3 Å². The van der Waals surface area contributed by atoms with Gasteiger partial charge in [0.05, 0.1) is 0 Å². The fraction of sp³-hybridized carbons (Fsp3) is 0.552. The van der Waals surface area contributed by atoms with Gasteiger partial charge in [-0.2, -0.15) is 42.3 Å². The Morgan fingerprint density at radius 3 is 1.12 bits per heavy atom. The van der Waals surface area contributed by atoms with Gasteiger partial charge in [-0.3, -0.25) is 24.3 Å². The molecule has 2 aromatic carbocycles. The van der Waals surface area contributed by atoms with E-state index in [1.54, 1.807) is 0 Å². The summed E-state index contributed by atoms with van der Waals surface area (Å²) in [6.07, 6.45) is 19.8. The summed E-state index contributed by atoms with van der Waals surface area (Å²) in [6, 6.07) is 23.8. The van der Waals surface area contributed by atoms with Crippen molar-refractivity contribution in [3.8, 4) is 0 Å². The minimum Gasteiger partial charge on any atom is -0.319 e. The standard InChI is InChI=1S/C16H33.C7H7.C6H4.2Co.2O/c1-3-5-7-9-11-13-15-16-14-12-10-8-6-4-2;1-7-5-3-2-4-6-7;1-2-4-6-5-3-1;;;;/h1,3-16H2,2H3;3-6H,1H3;1-2,5-6H;;;;/q2*-1;-2;;;;. The van der Waals surface area contributed by atoms with Crippen LogP contribution in [-0.2, 0) is 39.1 Å². The van der Waals surface area contributed by atoms with E-state index in [0.29, 0.717) is 0 Å². The molecule has 0 fully saturated rings. The van der Waals surface area contributed by atoms with Crippen LogP contribution in [0.2, 0.25) is 0 Å². The molecule has 0 amide bonds. The maximum atomic E-state index is 7.94. The molecule has 0 spiro atoms. The van der Waals surface area contributed by atoms with Crippen molar-refractivity contribution in [1.82, 2.24) is 0 Å². The third-order valence-electron chi connectivity index (χ3n) is 4.79. The quantitative estimate of drug-likeness (QED) is 0.187. The molecular formula is C29H44Co2O2-4. The van der Waals surface area contributed by atoms with E-state index in [-0.39, 0.29) is 0 Å². The molecule has 0 atom stereocenters. The van der Waals surface area contributed by atoms with Gasteiger partial charge < -0.3 is 19.1 Å². The van der Waals surface area contributed by atoms with E-state index in [4.69, 9.17) is 7.73 Å². The number of unbranched alkanes of at least 4 members (excludes halogenated alkanes) is 13. The van der Waals surface area contributed by atoms with E-state index in [1.165, 1.54) is 89.0 Å². The first-order valence-corrected chi connectivity index (χ1v) is 13.0. The van der Waals surface area contributed by atoms with E-state index >= 15 is 0 Å². The van der Waals surface area contributed by atoms with Crippen molar-refractivity contribution in [1.29, 1.82) is 0 Å². The number of rotatable bonds is 13. The van der Waals surface area contributed by atoms with Gasteiger partial charge in [-0.05, 0) is 0 Å². The van der Waals surface area contributed by atoms with Crippen molar-refractivity contribution in [3.05, 3.63) is 79.2 Å². The number of benzene rings is 2. The zero-order valence-electron chi connectivity index (χ0n) is 20.7. The second-order valence-corrected chi connectivity index (χ2v) is 7.67. The monoisotopic (exact) mass is 542 g/mol. The van der Waals surface area contributed by atoms with Crippen molar-refractivity contribution < 1.29 is 39.1 Å². The van der Waals surface area contributed by atoms with Crippen LogP contribution in [0.25, 0.3) is 0 Å². The topological polar surface area (TPSA) is 34.1 Å². The first-order valence-electron chi connectivity index (χ1n) is 12.1. The number of aryl methyl sites for hydroxylation is 1. The predicted octanol–water partition coefficient (Wildman–Crippen LogP) is 9.14. The SMILES string of the molecule is Cc1cc[c-]cc1.[CH2-]CCCCCCCCCCCCCCC.[O]=[Co].[O]=[Co].[c-]1cc[c-]cc1. The molecule has 2 rings (SSSR count). The second kappa shape index (κ2) is 38.3. The third-order valence-corrected chi connectivity index (χ3v) is 4.79. The molecule has 0 saturated heterocycles. The summed E-state index contributed by atoms with van der Waals surface area (Å²) in [5.41, 5.74) is 1.29. The molecule has 0 N–H and O–H groups in total. The van der Waals surface area contributed by atoms with Crippen LogP contribution < -0.4 is 0 Å². The van der Waals surface area contributed by atoms with E-state index in [2.05, 4.69) is 70.3 Å². The molecule has 0 radical (unpaired) electrons. The normalized spacial score (nSPS) is 8.88. The van der Waals surface area contributed by atoms with Crippen LogP contribution in [0.5, 0.6) is 0 Å². The molecule has 2 nitrogen and oxygen atoms in total. The van der Waals surface area contributed by atoms with Crippen molar-refractivity contribution in [2.75, 3.05) is 0 Å². The Hall–Kier alpha value is -0.947. The Labute approximate surface area is 221 Å². The second-order valence-electron chi connectivity index (χ2n) is 7.67. The van der Waals surface area contributed by atoms with E-state index in [0.717, 1.165) is 6.42 Å². The first kappa shape index (κ1) is 36.6. The van der Waals surface area contributed by atoms with Gasteiger partial charge in [-0.15, -0.1) is 0 Å². The summed E-state index contributed by atoms with van der Waals surface area (Å²) in [6.45, 7) is 8.22. The Bertz CT molecular complexity index is 495. The summed E-state index contributed by atoms with van der Waals surface area (Å²) < 4.78 is 15.9. The molecule has 4 heteroatoms. The van der Waals surface area contributed by atoms with E-state index < -0.39 is 0 Å². The van der Waals surface area contributed by atoms with Crippen molar-refractivity contribution in [2.45, 2.75) is 104 Å². The number of hydrogen-bond acceptors (Lipinski definition) is 2.